The van der Waals surface area contributed by atoms with Crippen LogP contribution in [-0.2, 0) is 16.0 Å². The summed E-state index contributed by atoms with van der Waals surface area (Å²) in [4.78, 5) is 20.9. The van der Waals surface area contributed by atoms with Crippen molar-refractivity contribution in [2.75, 3.05) is 11.9 Å². The maximum atomic E-state index is 12.4. The molecule has 0 radical (unpaired) electrons. The van der Waals surface area contributed by atoms with Crippen LogP contribution < -0.4 is 5.32 Å². The molecule has 3 rings (SSSR count). The average molecular weight is 321 g/mol. The lowest BCUT2D eigenvalue weighted by molar-refractivity contribution is -0.144. The lowest BCUT2D eigenvalue weighted by atomic mass is 10.1. The summed E-state index contributed by atoms with van der Waals surface area (Å²) in [5, 5.41) is 4.11. The number of benzene rings is 2. The van der Waals surface area contributed by atoms with E-state index in [1.807, 2.05) is 54.6 Å². The Morgan fingerprint density at radius 2 is 1.83 bits per heavy atom. The first-order valence-corrected chi connectivity index (χ1v) is 7.94. The van der Waals surface area contributed by atoms with E-state index in [-0.39, 0.29) is 5.97 Å². The first kappa shape index (κ1) is 15.9. The van der Waals surface area contributed by atoms with Crippen molar-refractivity contribution in [1.29, 1.82) is 0 Å². The van der Waals surface area contributed by atoms with Crippen molar-refractivity contribution in [2.45, 2.75) is 19.4 Å². The Labute approximate surface area is 140 Å². The number of esters is 1. The van der Waals surface area contributed by atoms with E-state index in [0.717, 1.165) is 16.5 Å². The Balaban J connectivity index is 1.89. The molecule has 0 aliphatic rings. The number of carbonyl (C=O) groups excluding carboxylic acids is 1. The lowest BCUT2D eigenvalue weighted by Gasteiger charge is -2.18. The minimum atomic E-state index is -0.509. The summed E-state index contributed by atoms with van der Waals surface area (Å²) in [6, 6.07) is 17.0. The molecule has 122 valence electrons. The Hall–Kier alpha value is -2.95. The van der Waals surface area contributed by atoms with Gasteiger partial charge in [0.2, 0.25) is 0 Å². The number of anilines is 1. The van der Waals surface area contributed by atoms with Crippen LogP contribution in [0.3, 0.4) is 0 Å². The molecule has 1 atom stereocenters. The van der Waals surface area contributed by atoms with Gasteiger partial charge in [-0.1, -0.05) is 42.5 Å². The van der Waals surface area contributed by atoms with Gasteiger partial charge in [0.1, 0.15) is 18.2 Å². The molecule has 0 saturated heterocycles. The second-order valence-electron chi connectivity index (χ2n) is 5.38. The monoisotopic (exact) mass is 321 g/mol. The minimum Gasteiger partial charge on any atom is -0.464 e. The Morgan fingerprint density at radius 3 is 2.62 bits per heavy atom. The molecule has 24 heavy (non-hydrogen) atoms. The Morgan fingerprint density at radius 1 is 1.08 bits per heavy atom. The van der Waals surface area contributed by atoms with Crippen molar-refractivity contribution in [2.24, 2.45) is 0 Å². The number of carbonyl (C=O) groups is 1. The Bertz CT molecular complexity index is 816. The third-order valence-corrected chi connectivity index (χ3v) is 3.71. The third-order valence-electron chi connectivity index (χ3n) is 3.71. The summed E-state index contributed by atoms with van der Waals surface area (Å²) in [6.45, 7) is 2.15. The molecule has 0 bridgehead atoms. The number of hydrogen-bond donors (Lipinski definition) is 1. The highest BCUT2D eigenvalue weighted by atomic mass is 16.5. The van der Waals surface area contributed by atoms with Crippen LogP contribution in [0, 0.1) is 0 Å². The van der Waals surface area contributed by atoms with Crippen molar-refractivity contribution in [3.8, 4) is 0 Å². The molecular weight excluding hydrogens is 302 g/mol. The molecule has 0 spiro atoms. The normalized spacial score (nSPS) is 11.9. The van der Waals surface area contributed by atoms with Crippen LogP contribution >= 0.6 is 0 Å². The quantitative estimate of drug-likeness (QED) is 0.706. The van der Waals surface area contributed by atoms with Crippen LogP contribution in [0.15, 0.2) is 60.9 Å². The van der Waals surface area contributed by atoms with E-state index in [0.29, 0.717) is 18.8 Å². The summed E-state index contributed by atoms with van der Waals surface area (Å²) >= 11 is 0. The zero-order valence-corrected chi connectivity index (χ0v) is 13.5. The average Bonchev–Trinajstić information content (AvgIpc) is 2.62. The van der Waals surface area contributed by atoms with Gasteiger partial charge in [0.15, 0.2) is 0 Å². The molecule has 1 unspecified atom stereocenters. The largest absolute Gasteiger partial charge is 0.464 e. The van der Waals surface area contributed by atoms with Crippen molar-refractivity contribution in [1.82, 2.24) is 9.97 Å². The lowest BCUT2D eigenvalue weighted by Crippen LogP contribution is -2.34. The van der Waals surface area contributed by atoms with Crippen LogP contribution in [0.2, 0.25) is 0 Å². The highest BCUT2D eigenvalue weighted by molar-refractivity contribution is 5.90. The predicted molar refractivity (Wildman–Crippen MR) is 93.7 cm³/mol. The third kappa shape index (κ3) is 3.68. The zero-order valence-electron chi connectivity index (χ0n) is 13.5. The number of nitrogens with zero attached hydrogens (tertiary/aromatic N) is 2. The number of fused-ring (bicyclic) bond motifs is 1. The first-order valence-electron chi connectivity index (χ1n) is 7.94. The standard InChI is InChI=1S/C19H19N3O2/c1-2-24-19(23)17(12-14-8-4-3-5-9-14)22-18-15-10-6-7-11-16(15)20-13-21-18/h3-11,13,17H,2,12H2,1H3,(H,20,21,22). The number of hydrogen-bond acceptors (Lipinski definition) is 5. The smallest absolute Gasteiger partial charge is 0.328 e. The van der Waals surface area contributed by atoms with Crippen molar-refractivity contribution in [3.63, 3.8) is 0 Å². The van der Waals surface area contributed by atoms with Gasteiger partial charge in [-0.05, 0) is 24.6 Å². The number of aromatic nitrogens is 2. The van der Waals surface area contributed by atoms with Gasteiger partial charge in [-0.15, -0.1) is 0 Å². The SMILES string of the molecule is CCOC(=O)C(Cc1ccccc1)Nc1ncnc2ccccc12. The van der Waals surface area contributed by atoms with E-state index in [1.165, 1.54) is 6.33 Å². The number of ether oxygens (including phenoxy) is 1. The van der Waals surface area contributed by atoms with Crippen molar-refractivity contribution >= 4 is 22.7 Å². The number of para-hydroxylation sites is 1. The molecule has 0 aliphatic carbocycles. The maximum absolute atomic E-state index is 12.4. The van der Waals surface area contributed by atoms with E-state index < -0.39 is 6.04 Å². The molecule has 0 fully saturated rings. The van der Waals surface area contributed by atoms with E-state index in [1.54, 1.807) is 6.92 Å². The van der Waals surface area contributed by atoms with Crippen LogP contribution in [0.25, 0.3) is 10.9 Å². The van der Waals surface area contributed by atoms with E-state index in [9.17, 15) is 4.79 Å². The van der Waals surface area contributed by atoms with E-state index >= 15 is 0 Å². The van der Waals surface area contributed by atoms with E-state index in [2.05, 4.69) is 15.3 Å². The topological polar surface area (TPSA) is 64.1 Å². The molecule has 1 N–H and O–H groups in total. The van der Waals surface area contributed by atoms with Crippen LogP contribution in [0.4, 0.5) is 5.82 Å². The summed E-state index contributed by atoms with van der Waals surface area (Å²) in [7, 11) is 0. The van der Waals surface area contributed by atoms with Gasteiger partial charge in [-0.3, -0.25) is 0 Å². The molecule has 0 amide bonds. The van der Waals surface area contributed by atoms with Crippen LogP contribution in [0.5, 0.6) is 0 Å². The predicted octanol–water partition coefficient (Wildman–Crippen LogP) is 3.22. The first-order chi connectivity index (χ1) is 11.8. The summed E-state index contributed by atoms with van der Waals surface area (Å²) in [6.07, 6.45) is 2.02. The molecule has 0 aliphatic heterocycles. The highest BCUT2D eigenvalue weighted by Crippen LogP contribution is 2.20. The fourth-order valence-corrected chi connectivity index (χ4v) is 2.57. The molecule has 1 heterocycles. The number of nitrogens with one attached hydrogen (secondary N) is 1. The second kappa shape index (κ2) is 7.55. The summed E-state index contributed by atoms with van der Waals surface area (Å²) < 4.78 is 5.22. The van der Waals surface area contributed by atoms with Crippen molar-refractivity contribution in [3.05, 3.63) is 66.5 Å². The fourth-order valence-electron chi connectivity index (χ4n) is 2.57. The molecule has 5 nitrogen and oxygen atoms in total. The van der Waals surface area contributed by atoms with Crippen LogP contribution in [0.1, 0.15) is 12.5 Å². The molecule has 3 aromatic rings. The second-order valence-corrected chi connectivity index (χ2v) is 5.38. The van der Waals surface area contributed by atoms with Gasteiger partial charge >= 0.3 is 5.97 Å². The van der Waals surface area contributed by atoms with Crippen LogP contribution in [-0.4, -0.2) is 28.6 Å². The fraction of sp³-hybridized carbons (Fsp3) is 0.211. The summed E-state index contributed by atoms with van der Waals surface area (Å²) in [5.74, 6) is 0.346. The van der Waals surface area contributed by atoms with Gasteiger partial charge < -0.3 is 10.1 Å². The zero-order chi connectivity index (χ0) is 16.8. The number of rotatable bonds is 6. The van der Waals surface area contributed by atoms with Gasteiger partial charge in [-0.2, -0.15) is 0 Å². The van der Waals surface area contributed by atoms with Gasteiger partial charge in [0.25, 0.3) is 0 Å². The molecular formula is C19H19N3O2. The molecule has 0 saturated carbocycles. The van der Waals surface area contributed by atoms with Gasteiger partial charge in [0, 0.05) is 11.8 Å². The van der Waals surface area contributed by atoms with Gasteiger partial charge in [-0.25, -0.2) is 14.8 Å². The van der Waals surface area contributed by atoms with Crippen molar-refractivity contribution < 1.29 is 9.53 Å². The molecule has 1 aromatic heterocycles. The minimum absolute atomic E-state index is 0.288. The molecule has 2 aromatic carbocycles. The van der Waals surface area contributed by atoms with E-state index in [4.69, 9.17) is 4.74 Å². The molecule has 5 heteroatoms. The van der Waals surface area contributed by atoms with Gasteiger partial charge in [0.05, 0.1) is 12.1 Å². The maximum Gasteiger partial charge on any atom is 0.328 e. The highest BCUT2D eigenvalue weighted by Gasteiger charge is 2.21. The Kier molecular flexibility index (Phi) is 5.01. The summed E-state index contributed by atoms with van der Waals surface area (Å²) in [5.41, 5.74) is 1.89.